The van der Waals surface area contributed by atoms with E-state index in [0.717, 1.165) is 0 Å². The van der Waals surface area contributed by atoms with Gasteiger partial charge in [-0.2, -0.15) is 0 Å². The smallest absolute Gasteiger partial charge is 0.204 e. The summed E-state index contributed by atoms with van der Waals surface area (Å²) in [4.78, 5) is 0. The maximum absolute atomic E-state index is 7.06. The molecule has 0 saturated carbocycles. The molecular formula is C23H38OSi. The van der Waals surface area contributed by atoms with Crippen LogP contribution in [-0.4, -0.2) is 14.4 Å². The highest BCUT2D eigenvalue weighted by Crippen LogP contribution is 2.59. The molecule has 1 nitrogen and oxygen atoms in total. The summed E-state index contributed by atoms with van der Waals surface area (Å²) in [5, 5.41) is 0.510. The zero-order valence-corrected chi connectivity index (χ0v) is 18.4. The number of benzene rings is 1. The van der Waals surface area contributed by atoms with E-state index in [2.05, 4.69) is 91.0 Å². The van der Waals surface area contributed by atoms with Gasteiger partial charge < -0.3 is 4.43 Å². The van der Waals surface area contributed by atoms with Crippen LogP contribution in [0.3, 0.4) is 0 Å². The lowest BCUT2D eigenvalue weighted by molar-refractivity contribution is 0.199. The van der Waals surface area contributed by atoms with Crippen LogP contribution < -0.4 is 0 Å². The number of hydrogen-bond acceptors (Lipinski definition) is 1. The van der Waals surface area contributed by atoms with E-state index in [9.17, 15) is 0 Å². The maximum Gasteiger partial charge on any atom is 0.204 e. The highest BCUT2D eigenvalue weighted by molar-refractivity contribution is 6.80. The van der Waals surface area contributed by atoms with Gasteiger partial charge in [-0.3, -0.25) is 0 Å². The Hall–Kier alpha value is -0.863. The van der Waals surface area contributed by atoms with Crippen molar-refractivity contribution in [1.29, 1.82) is 0 Å². The van der Waals surface area contributed by atoms with E-state index in [0.29, 0.717) is 5.92 Å². The van der Waals surface area contributed by atoms with Crippen molar-refractivity contribution >= 4 is 14.4 Å². The minimum absolute atomic E-state index is 0.255. The number of rotatable bonds is 5. The molecule has 25 heavy (non-hydrogen) atoms. The van der Waals surface area contributed by atoms with Crippen LogP contribution in [0.5, 0.6) is 0 Å². The molecule has 1 heterocycles. The second-order valence-electron chi connectivity index (χ2n) is 9.79. The molecule has 0 aliphatic carbocycles. The molecule has 0 radical (unpaired) electrons. The standard InChI is InChI=1S/C23H38OSi/c1-8-9-15-20-18-25(22(2,3)4,23(5,6)7)24-21(20)17-16-19-13-11-10-12-14-19/h10-14,16-17,20-21H,8-9,15,18H2,1-7H3/b17-16+/t20-,21?/m0/s1. The molecule has 2 atom stereocenters. The Morgan fingerprint density at radius 3 is 2.16 bits per heavy atom. The molecular weight excluding hydrogens is 320 g/mol. The molecule has 0 spiro atoms. The van der Waals surface area contributed by atoms with Gasteiger partial charge in [0.15, 0.2) is 0 Å². The van der Waals surface area contributed by atoms with Crippen LogP contribution in [0, 0.1) is 5.92 Å². The van der Waals surface area contributed by atoms with Crippen molar-refractivity contribution in [2.45, 2.75) is 90.0 Å². The molecule has 1 aromatic rings. The van der Waals surface area contributed by atoms with Gasteiger partial charge in [-0.25, -0.2) is 0 Å². The molecule has 2 heteroatoms. The van der Waals surface area contributed by atoms with Gasteiger partial charge in [-0.05, 0) is 34.0 Å². The highest BCUT2D eigenvalue weighted by Gasteiger charge is 2.60. The average molecular weight is 359 g/mol. The lowest BCUT2D eigenvalue weighted by Gasteiger charge is -2.48. The number of hydrogen-bond donors (Lipinski definition) is 0. The summed E-state index contributed by atoms with van der Waals surface area (Å²) in [6, 6.07) is 11.9. The van der Waals surface area contributed by atoms with Crippen molar-refractivity contribution in [3.63, 3.8) is 0 Å². The lowest BCUT2D eigenvalue weighted by atomic mass is 9.97. The summed E-state index contributed by atoms with van der Waals surface area (Å²) in [6.07, 6.45) is 8.76. The molecule has 1 saturated heterocycles. The molecule has 1 fully saturated rings. The van der Waals surface area contributed by atoms with Crippen molar-refractivity contribution in [2.24, 2.45) is 5.92 Å². The Kier molecular flexibility index (Phi) is 6.38. The first kappa shape index (κ1) is 20.4. The van der Waals surface area contributed by atoms with Crippen LogP contribution in [0.1, 0.15) is 73.3 Å². The molecule has 140 valence electrons. The average Bonchev–Trinajstić information content (AvgIpc) is 2.92. The quantitative estimate of drug-likeness (QED) is 0.497. The summed E-state index contributed by atoms with van der Waals surface area (Å²) in [5.74, 6) is 0.671. The van der Waals surface area contributed by atoms with Gasteiger partial charge in [0, 0.05) is 0 Å². The molecule has 0 bridgehead atoms. The molecule has 0 aromatic heterocycles. The first-order valence-corrected chi connectivity index (χ1v) is 12.1. The van der Waals surface area contributed by atoms with Gasteiger partial charge in [-0.15, -0.1) is 0 Å². The predicted octanol–water partition coefficient (Wildman–Crippen LogP) is 7.45. The van der Waals surface area contributed by atoms with Crippen LogP contribution in [0.2, 0.25) is 16.1 Å². The topological polar surface area (TPSA) is 9.23 Å². The van der Waals surface area contributed by atoms with Gasteiger partial charge in [0.1, 0.15) is 0 Å². The molecule has 0 N–H and O–H groups in total. The molecule has 0 amide bonds. The van der Waals surface area contributed by atoms with Crippen LogP contribution in [0.25, 0.3) is 6.08 Å². The zero-order valence-electron chi connectivity index (χ0n) is 17.4. The van der Waals surface area contributed by atoms with E-state index in [4.69, 9.17) is 4.43 Å². The highest BCUT2D eigenvalue weighted by atomic mass is 28.4. The van der Waals surface area contributed by atoms with Crippen molar-refractivity contribution in [2.75, 3.05) is 0 Å². The van der Waals surface area contributed by atoms with Gasteiger partial charge in [0.05, 0.1) is 6.10 Å². The van der Waals surface area contributed by atoms with Crippen LogP contribution in [0.4, 0.5) is 0 Å². The SMILES string of the molecule is CCCC[C@H]1C[Si](C(C)(C)C)(C(C)(C)C)OC1/C=C/c1ccccc1. The molecule has 1 unspecified atom stereocenters. The minimum Gasteiger partial charge on any atom is -0.409 e. The Labute approximate surface area is 157 Å². The third kappa shape index (κ3) is 4.46. The lowest BCUT2D eigenvalue weighted by Crippen LogP contribution is -2.52. The van der Waals surface area contributed by atoms with E-state index < -0.39 is 8.32 Å². The van der Waals surface area contributed by atoms with Gasteiger partial charge in [0.2, 0.25) is 8.32 Å². The first-order valence-electron chi connectivity index (χ1n) is 10.0. The number of unbranched alkanes of at least 4 members (excludes halogenated alkanes) is 1. The Morgan fingerprint density at radius 2 is 1.64 bits per heavy atom. The van der Waals surface area contributed by atoms with E-state index in [-0.39, 0.29) is 16.2 Å². The Bertz CT molecular complexity index is 548. The van der Waals surface area contributed by atoms with Crippen LogP contribution >= 0.6 is 0 Å². The third-order valence-electron chi connectivity index (χ3n) is 5.98. The van der Waals surface area contributed by atoms with Crippen LogP contribution in [0.15, 0.2) is 36.4 Å². The van der Waals surface area contributed by atoms with Crippen LogP contribution in [-0.2, 0) is 4.43 Å². The minimum atomic E-state index is -1.90. The normalized spacial score (nSPS) is 24.1. The summed E-state index contributed by atoms with van der Waals surface area (Å²) in [7, 11) is -1.90. The van der Waals surface area contributed by atoms with E-state index in [1.165, 1.54) is 30.9 Å². The fraction of sp³-hybridized carbons (Fsp3) is 0.652. The zero-order chi connectivity index (χ0) is 18.7. The van der Waals surface area contributed by atoms with E-state index in [1.807, 2.05) is 0 Å². The second kappa shape index (κ2) is 7.80. The molecule has 1 aliphatic rings. The molecule has 1 aromatic carbocycles. The third-order valence-corrected chi connectivity index (χ3v) is 12.6. The van der Waals surface area contributed by atoms with Gasteiger partial charge >= 0.3 is 0 Å². The van der Waals surface area contributed by atoms with Crippen molar-refractivity contribution in [3.8, 4) is 0 Å². The fourth-order valence-electron chi connectivity index (χ4n) is 4.65. The summed E-state index contributed by atoms with van der Waals surface area (Å²) in [5.41, 5.74) is 1.27. The summed E-state index contributed by atoms with van der Waals surface area (Å²) >= 11 is 0. The maximum atomic E-state index is 7.06. The summed E-state index contributed by atoms with van der Waals surface area (Å²) < 4.78 is 7.06. The van der Waals surface area contributed by atoms with Gasteiger partial charge in [0.25, 0.3) is 0 Å². The van der Waals surface area contributed by atoms with Crippen molar-refractivity contribution < 1.29 is 4.43 Å². The van der Waals surface area contributed by atoms with E-state index in [1.54, 1.807) is 0 Å². The molecule has 1 aliphatic heterocycles. The first-order chi connectivity index (χ1) is 11.6. The fourth-order valence-corrected chi connectivity index (χ4v) is 10.8. The van der Waals surface area contributed by atoms with Crippen molar-refractivity contribution in [3.05, 3.63) is 42.0 Å². The predicted molar refractivity (Wildman–Crippen MR) is 113 cm³/mol. The second-order valence-corrected chi connectivity index (χ2v) is 15.1. The largest absolute Gasteiger partial charge is 0.409 e. The summed E-state index contributed by atoms with van der Waals surface area (Å²) in [6.45, 7) is 16.7. The molecule has 2 rings (SSSR count). The monoisotopic (exact) mass is 358 g/mol. The van der Waals surface area contributed by atoms with E-state index >= 15 is 0 Å². The van der Waals surface area contributed by atoms with Gasteiger partial charge in [-0.1, -0.05) is 104 Å². The Morgan fingerprint density at radius 1 is 1.04 bits per heavy atom. The Balaban J connectivity index is 2.31. The van der Waals surface area contributed by atoms with Crippen molar-refractivity contribution in [1.82, 2.24) is 0 Å².